The molecule has 8 nitrogen and oxygen atoms in total. The van der Waals surface area contributed by atoms with Gasteiger partial charge in [-0.15, -0.1) is 0 Å². The first-order valence-corrected chi connectivity index (χ1v) is 11.0. The molecular weight excluding hydrogens is 410 g/mol. The van der Waals surface area contributed by atoms with Gasteiger partial charge in [-0.1, -0.05) is 48.0 Å². The number of ether oxygens (including phenoxy) is 3. The summed E-state index contributed by atoms with van der Waals surface area (Å²) in [6.45, 7) is 2.24. The number of rotatable bonds is 8. The van der Waals surface area contributed by atoms with Gasteiger partial charge in [0.05, 0.1) is 18.0 Å². The number of nitrogens with one attached hydrogen (secondary N) is 1. The first-order valence-electron chi connectivity index (χ1n) is 9.64. The summed E-state index contributed by atoms with van der Waals surface area (Å²) in [7, 11) is -4.05. The summed E-state index contributed by atoms with van der Waals surface area (Å²) in [4.78, 5) is 12.1. The second kappa shape index (κ2) is 8.73. The van der Waals surface area contributed by atoms with Gasteiger partial charge in [0, 0.05) is 0 Å². The number of hydrogen-bond donors (Lipinski definition) is 1. The highest BCUT2D eigenvalue weighted by molar-refractivity contribution is 7.86. The van der Waals surface area contributed by atoms with Crippen LogP contribution in [-0.2, 0) is 35.1 Å². The van der Waals surface area contributed by atoms with Crippen LogP contribution in [0.2, 0.25) is 0 Å². The second-order valence-corrected chi connectivity index (χ2v) is 8.85. The average molecular weight is 433 g/mol. The molecule has 1 N–H and O–H groups in total. The summed E-state index contributed by atoms with van der Waals surface area (Å²) in [6, 6.07) is 15.6. The van der Waals surface area contributed by atoms with Crippen LogP contribution in [0.15, 0.2) is 59.5 Å². The van der Waals surface area contributed by atoms with Crippen molar-refractivity contribution in [2.24, 2.45) is 0 Å². The first-order chi connectivity index (χ1) is 14.4. The zero-order valence-electron chi connectivity index (χ0n) is 16.4. The van der Waals surface area contributed by atoms with E-state index in [1.807, 2.05) is 37.3 Å². The molecule has 0 spiro atoms. The smallest absolute Gasteiger partial charge is 0.407 e. The zero-order valence-corrected chi connectivity index (χ0v) is 17.2. The monoisotopic (exact) mass is 433 g/mol. The molecule has 1 amide bonds. The van der Waals surface area contributed by atoms with Crippen molar-refractivity contribution in [1.29, 1.82) is 0 Å². The van der Waals surface area contributed by atoms with Crippen LogP contribution in [0.4, 0.5) is 4.79 Å². The third-order valence-corrected chi connectivity index (χ3v) is 6.34. The fourth-order valence-corrected chi connectivity index (χ4v) is 4.37. The third-order valence-electron chi connectivity index (χ3n) is 4.99. The quantitative estimate of drug-likeness (QED) is 0.503. The second-order valence-electron chi connectivity index (χ2n) is 7.28. The van der Waals surface area contributed by atoms with E-state index in [-0.39, 0.29) is 30.3 Å². The van der Waals surface area contributed by atoms with Crippen molar-refractivity contribution in [3.05, 3.63) is 65.7 Å². The molecule has 4 atom stereocenters. The maximum atomic E-state index is 12.7. The fourth-order valence-electron chi connectivity index (χ4n) is 3.29. The van der Waals surface area contributed by atoms with Crippen LogP contribution >= 0.6 is 0 Å². The van der Waals surface area contributed by atoms with Gasteiger partial charge in [0.2, 0.25) is 0 Å². The maximum absolute atomic E-state index is 12.7. The number of fused-ring (bicyclic) bond motifs is 1. The van der Waals surface area contributed by atoms with Crippen molar-refractivity contribution in [2.45, 2.75) is 42.8 Å². The molecule has 0 bridgehead atoms. The van der Waals surface area contributed by atoms with E-state index in [0.717, 1.165) is 11.1 Å². The molecule has 2 saturated heterocycles. The molecule has 2 fully saturated rings. The van der Waals surface area contributed by atoms with Gasteiger partial charge in [-0.2, -0.15) is 8.42 Å². The topological polar surface area (TPSA) is 103 Å². The fraction of sp³-hybridized carbons (Fsp3) is 0.381. The Morgan fingerprint density at radius 1 is 1.17 bits per heavy atom. The van der Waals surface area contributed by atoms with Gasteiger partial charge < -0.3 is 19.5 Å². The predicted octanol–water partition coefficient (Wildman–Crippen LogP) is 2.16. The van der Waals surface area contributed by atoms with E-state index in [4.69, 9.17) is 18.4 Å². The van der Waals surface area contributed by atoms with Crippen molar-refractivity contribution in [1.82, 2.24) is 5.32 Å². The summed E-state index contributed by atoms with van der Waals surface area (Å²) in [5.41, 5.74) is 1.78. The van der Waals surface area contributed by atoms with E-state index in [1.54, 1.807) is 12.1 Å². The molecule has 2 aromatic carbocycles. The predicted molar refractivity (Wildman–Crippen MR) is 106 cm³/mol. The molecule has 0 radical (unpaired) electrons. The Bertz CT molecular complexity index is 978. The van der Waals surface area contributed by atoms with Gasteiger partial charge in [0.15, 0.2) is 0 Å². The molecule has 2 heterocycles. The van der Waals surface area contributed by atoms with Gasteiger partial charge in [-0.25, -0.2) is 4.79 Å². The van der Waals surface area contributed by atoms with Gasteiger partial charge >= 0.3 is 6.09 Å². The molecule has 0 aromatic heterocycles. The van der Waals surface area contributed by atoms with E-state index in [2.05, 4.69) is 5.32 Å². The number of carbonyl (C=O) groups is 1. The molecule has 3 unspecified atom stereocenters. The molecule has 0 saturated carbocycles. The molecule has 160 valence electrons. The zero-order chi connectivity index (χ0) is 21.1. The number of carbonyl (C=O) groups excluding carboxylic acids is 1. The van der Waals surface area contributed by atoms with Crippen LogP contribution in [0, 0.1) is 6.92 Å². The van der Waals surface area contributed by atoms with Crippen molar-refractivity contribution in [3.63, 3.8) is 0 Å². The highest BCUT2D eigenvalue weighted by Gasteiger charge is 2.55. The normalized spacial score (nSPS) is 23.4. The van der Waals surface area contributed by atoms with Gasteiger partial charge in [0.1, 0.15) is 31.0 Å². The van der Waals surface area contributed by atoms with Crippen LogP contribution in [0.25, 0.3) is 0 Å². The van der Waals surface area contributed by atoms with Crippen LogP contribution in [0.1, 0.15) is 11.1 Å². The van der Waals surface area contributed by atoms with Crippen LogP contribution in [-0.4, -0.2) is 52.1 Å². The van der Waals surface area contributed by atoms with E-state index in [9.17, 15) is 13.2 Å². The molecule has 30 heavy (non-hydrogen) atoms. The minimum Gasteiger partial charge on any atom is -0.445 e. The van der Waals surface area contributed by atoms with Crippen molar-refractivity contribution < 1.29 is 31.6 Å². The summed E-state index contributed by atoms with van der Waals surface area (Å²) in [6.07, 6.45) is -2.49. The Morgan fingerprint density at radius 3 is 2.53 bits per heavy atom. The first kappa shape index (κ1) is 20.8. The lowest BCUT2D eigenvalue weighted by atomic mass is 10.1. The highest BCUT2D eigenvalue weighted by Crippen LogP contribution is 2.37. The van der Waals surface area contributed by atoms with Crippen molar-refractivity contribution in [3.8, 4) is 0 Å². The summed E-state index contributed by atoms with van der Waals surface area (Å²) in [5.74, 6) is 0. The largest absolute Gasteiger partial charge is 0.445 e. The molecule has 2 aliphatic rings. The Balaban J connectivity index is 1.39. The van der Waals surface area contributed by atoms with E-state index >= 15 is 0 Å². The number of amides is 1. The van der Waals surface area contributed by atoms with Gasteiger partial charge in [-0.05, 0) is 24.6 Å². The minimum absolute atomic E-state index is 0.0380. The summed E-state index contributed by atoms with van der Waals surface area (Å²) >= 11 is 0. The van der Waals surface area contributed by atoms with E-state index in [1.165, 1.54) is 12.1 Å². The van der Waals surface area contributed by atoms with E-state index < -0.39 is 28.4 Å². The molecule has 0 aliphatic carbocycles. The molecule has 4 rings (SSSR count). The number of hydrogen-bond acceptors (Lipinski definition) is 7. The van der Waals surface area contributed by atoms with E-state index in [0.29, 0.717) is 6.61 Å². The number of benzene rings is 2. The molecular formula is C21H23NO7S. The lowest BCUT2D eigenvalue weighted by Crippen LogP contribution is -2.44. The lowest BCUT2D eigenvalue weighted by Gasteiger charge is -2.24. The van der Waals surface area contributed by atoms with Crippen LogP contribution < -0.4 is 5.32 Å². The third kappa shape index (κ3) is 4.99. The Morgan fingerprint density at radius 2 is 1.90 bits per heavy atom. The summed E-state index contributed by atoms with van der Waals surface area (Å²) in [5, 5.41) is 2.57. The maximum Gasteiger partial charge on any atom is 0.407 e. The minimum atomic E-state index is -4.05. The van der Waals surface area contributed by atoms with Gasteiger partial charge in [0.25, 0.3) is 10.1 Å². The highest BCUT2D eigenvalue weighted by atomic mass is 32.2. The Hall–Kier alpha value is -2.46. The Kier molecular flexibility index (Phi) is 6.05. The SMILES string of the molecule is Cc1ccc(S(=O)(=O)O[C@H](CNC(=O)OCc2ccccc2)C2OCC3OC32)cc1. The standard InChI is InChI=1S/C21H23NO7S/c1-14-7-9-16(10-8-14)30(24,25)29-17(19-20-18(28-20)13-26-19)11-22-21(23)27-12-15-5-3-2-4-6-15/h2-10,17-20H,11-13H2,1H3,(H,22,23)/t17-,18?,19?,20?/m1/s1. The number of alkyl carbamates (subject to hydrolysis) is 1. The molecule has 9 heteroatoms. The molecule has 2 aliphatic heterocycles. The lowest BCUT2D eigenvalue weighted by molar-refractivity contribution is -0.0347. The Labute approximate surface area is 175 Å². The van der Waals surface area contributed by atoms with Crippen LogP contribution in [0.5, 0.6) is 0 Å². The average Bonchev–Trinajstić information content (AvgIpc) is 3.40. The van der Waals surface area contributed by atoms with Gasteiger partial charge in [-0.3, -0.25) is 4.18 Å². The molecule has 2 aromatic rings. The summed E-state index contributed by atoms with van der Waals surface area (Å²) < 4.78 is 47.2. The van der Waals surface area contributed by atoms with Crippen LogP contribution in [0.3, 0.4) is 0 Å². The van der Waals surface area contributed by atoms with Crippen molar-refractivity contribution >= 4 is 16.2 Å². The van der Waals surface area contributed by atoms with Crippen molar-refractivity contribution in [2.75, 3.05) is 13.2 Å². The number of epoxide rings is 1. The number of aryl methyl sites for hydroxylation is 1.